The van der Waals surface area contributed by atoms with Crippen molar-refractivity contribution >= 4 is 0 Å². The lowest BCUT2D eigenvalue weighted by Gasteiger charge is -2.37. The molecule has 102 valence electrons. The molecule has 0 aromatic carbocycles. The summed E-state index contributed by atoms with van der Waals surface area (Å²) < 4.78 is 5.35. The number of rotatable bonds is 7. The summed E-state index contributed by atoms with van der Waals surface area (Å²) in [5, 5.41) is 3.54. The highest BCUT2D eigenvalue weighted by Crippen LogP contribution is 2.05. The average molecular weight is 243 g/mol. The number of nitrogens with zero attached hydrogens (tertiary/aromatic N) is 2. The molecule has 1 aliphatic heterocycles. The molecule has 1 unspecified atom stereocenters. The zero-order valence-corrected chi connectivity index (χ0v) is 11.9. The van der Waals surface area contributed by atoms with Crippen LogP contribution >= 0.6 is 0 Å². The molecular weight excluding hydrogens is 214 g/mol. The molecule has 0 aromatic rings. The minimum absolute atomic E-state index is 0.521. The lowest BCUT2D eigenvalue weighted by Crippen LogP contribution is -2.53. The van der Waals surface area contributed by atoms with Crippen molar-refractivity contribution in [3.05, 3.63) is 0 Å². The van der Waals surface area contributed by atoms with Gasteiger partial charge in [-0.05, 0) is 19.5 Å². The average Bonchev–Trinajstić information content (AvgIpc) is 2.29. The molecular formula is C13H29N3O. The van der Waals surface area contributed by atoms with Crippen LogP contribution in [0.1, 0.15) is 13.8 Å². The van der Waals surface area contributed by atoms with Gasteiger partial charge in [-0.15, -0.1) is 0 Å². The molecule has 1 fully saturated rings. The summed E-state index contributed by atoms with van der Waals surface area (Å²) in [7, 11) is 3.99. The van der Waals surface area contributed by atoms with E-state index in [0.29, 0.717) is 12.0 Å². The van der Waals surface area contributed by atoms with Crippen LogP contribution in [0, 0.1) is 5.92 Å². The van der Waals surface area contributed by atoms with Gasteiger partial charge in [0.15, 0.2) is 0 Å². The van der Waals surface area contributed by atoms with Crippen molar-refractivity contribution < 1.29 is 4.74 Å². The predicted octanol–water partition coefficient (Wildman–Crippen LogP) is 0.494. The van der Waals surface area contributed by atoms with Gasteiger partial charge in [-0.3, -0.25) is 4.90 Å². The summed E-state index contributed by atoms with van der Waals surface area (Å²) in [5.41, 5.74) is 0. The van der Waals surface area contributed by atoms with Crippen LogP contribution < -0.4 is 5.32 Å². The minimum Gasteiger partial charge on any atom is -0.383 e. The van der Waals surface area contributed by atoms with Crippen LogP contribution in [0.15, 0.2) is 0 Å². The third kappa shape index (κ3) is 5.82. The molecule has 1 heterocycles. The highest BCUT2D eigenvalue weighted by atomic mass is 16.5. The number of piperazine rings is 1. The lowest BCUT2D eigenvalue weighted by molar-refractivity contribution is 0.0562. The number of ether oxygens (including phenoxy) is 1. The van der Waals surface area contributed by atoms with Gasteiger partial charge in [0.1, 0.15) is 0 Å². The van der Waals surface area contributed by atoms with Crippen LogP contribution in [0.25, 0.3) is 0 Å². The topological polar surface area (TPSA) is 27.7 Å². The highest BCUT2D eigenvalue weighted by Gasteiger charge is 2.21. The normalized spacial score (nSPS) is 21.0. The van der Waals surface area contributed by atoms with E-state index < -0.39 is 0 Å². The van der Waals surface area contributed by atoms with Gasteiger partial charge in [-0.2, -0.15) is 0 Å². The van der Waals surface area contributed by atoms with E-state index in [4.69, 9.17) is 4.74 Å². The molecule has 0 aliphatic carbocycles. The second-order valence-electron chi connectivity index (χ2n) is 5.50. The number of likely N-dealkylation sites (N-methyl/N-ethyl adjacent to an activating group) is 1. The van der Waals surface area contributed by atoms with Gasteiger partial charge in [0.2, 0.25) is 0 Å². The summed E-state index contributed by atoms with van der Waals surface area (Å²) in [5.74, 6) is 0.714. The van der Waals surface area contributed by atoms with Gasteiger partial charge < -0.3 is 15.0 Å². The Kier molecular flexibility index (Phi) is 7.04. The molecule has 0 aromatic heterocycles. The van der Waals surface area contributed by atoms with Crippen molar-refractivity contribution in [3.8, 4) is 0 Å². The van der Waals surface area contributed by atoms with E-state index in [9.17, 15) is 0 Å². The number of methoxy groups -OCH3 is 1. The Labute approximate surface area is 106 Å². The molecule has 1 atom stereocenters. The van der Waals surface area contributed by atoms with Crippen molar-refractivity contribution in [1.82, 2.24) is 15.1 Å². The smallest absolute Gasteiger partial charge is 0.0630 e. The van der Waals surface area contributed by atoms with E-state index in [-0.39, 0.29) is 0 Å². The molecule has 4 heteroatoms. The van der Waals surface area contributed by atoms with Crippen molar-refractivity contribution in [2.75, 3.05) is 60.0 Å². The van der Waals surface area contributed by atoms with Crippen LogP contribution in [0.2, 0.25) is 0 Å². The highest BCUT2D eigenvalue weighted by molar-refractivity contribution is 4.79. The largest absolute Gasteiger partial charge is 0.383 e. The first-order valence-electron chi connectivity index (χ1n) is 6.75. The van der Waals surface area contributed by atoms with Gasteiger partial charge in [0.25, 0.3) is 0 Å². The fraction of sp³-hybridized carbons (Fsp3) is 1.00. The summed E-state index contributed by atoms with van der Waals surface area (Å²) >= 11 is 0. The Hall–Kier alpha value is -0.160. The van der Waals surface area contributed by atoms with E-state index in [1.807, 2.05) is 0 Å². The molecule has 1 aliphatic rings. The maximum Gasteiger partial charge on any atom is 0.0630 e. The van der Waals surface area contributed by atoms with Crippen molar-refractivity contribution in [3.63, 3.8) is 0 Å². The monoisotopic (exact) mass is 243 g/mol. The van der Waals surface area contributed by atoms with Crippen LogP contribution in [0.3, 0.4) is 0 Å². The maximum atomic E-state index is 5.35. The maximum absolute atomic E-state index is 5.35. The second kappa shape index (κ2) is 8.03. The summed E-state index contributed by atoms with van der Waals surface area (Å²) in [6.07, 6.45) is 0. The van der Waals surface area contributed by atoms with Gasteiger partial charge in [0.05, 0.1) is 6.61 Å². The van der Waals surface area contributed by atoms with Crippen LogP contribution in [-0.4, -0.2) is 75.9 Å². The molecule has 4 nitrogen and oxygen atoms in total. The Morgan fingerprint density at radius 2 is 1.76 bits per heavy atom. The first-order valence-corrected chi connectivity index (χ1v) is 6.75. The molecule has 0 bridgehead atoms. The number of nitrogens with one attached hydrogen (secondary N) is 1. The fourth-order valence-corrected chi connectivity index (χ4v) is 2.21. The van der Waals surface area contributed by atoms with E-state index in [1.54, 1.807) is 7.11 Å². The SMILES string of the molecule is COCC(CNCC(C)C)N1CCN(C)CC1. The standard InChI is InChI=1S/C13H29N3O/c1-12(2)9-14-10-13(11-17-4)16-7-5-15(3)6-8-16/h12-14H,5-11H2,1-4H3. The first kappa shape index (κ1) is 14.9. The summed E-state index contributed by atoms with van der Waals surface area (Å²) in [4.78, 5) is 4.94. The summed E-state index contributed by atoms with van der Waals surface area (Å²) in [6, 6.07) is 0.521. The third-order valence-electron chi connectivity index (χ3n) is 3.35. The Morgan fingerprint density at radius 1 is 1.12 bits per heavy atom. The molecule has 17 heavy (non-hydrogen) atoms. The molecule has 0 spiro atoms. The molecule has 0 saturated carbocycles. The predicted molar refractivity (Wildman–Crippen MR) is 72.4 cm³/mol. The third-order valence-corrected chi connectivity index (χ3v) is 3.35. The first-order chi connectivity index (χ1) is 8.13. The fourth-order valence-electron chi connectivity index (χ4n) is 2.21. The summed E-state index contributed by atoms with van der Waals surface area (Å²) in [6.45, 7) is 12.1. The Morgan fingerprint density at radius 3 is 2.29 bits per heavy atom. The molecule has 1 N–H and O–H groups in total. The number of hydrogen-bond acceptors (Lipinski definition) is 4. The van der Waals surface area contributed by atoms with Crippen molar-refractivity contribution in [1.29, 1.82) is 0 Å². The minimum atomic E-state index is 0.521. The quantitative estimate of drug-likeness (QED) is 0.704. The van der Waals surface area contributed by atoms with Crippen LogP contribution in [0.5, 0.6) is 0 Å². The Bertz CT molecular complexity index is 191. The van der Waals surface area contributed by atoms with Crippen LogP contribution in [0.4, 0.5) is 0 Å². The molecule has 0 radical (unpaired) electrons. The molecule has 0 amide bonds. The molecule has 1 rings (SSSR count). The van der Waals surface area contributed by atoms with E-state index in [0.717, 1.165) is 32.8 Å². The molecule has 1 saturated heterocycles. The van der Waals surface area contributed by atoms with Crippen molar-refractivity contribution in [2.45, 2.75) is 19.9 Å². The van der Waals surface area contributed by atoms with Gasteiger partial charge in [-0.1, -0.05) is 13.8 Å². The van der Waals surface area contributed by atoms with Gasteiger partial charge in [-0.25, -0.2) is 0 Å². The Balaban J connectivity index is 2.31. The van der Waals surface area contributed by atoms with E-state index in [1.165, 1.54) is 13.1 Å². The lowest BCUT2D eigenvalue weighted by atomic mass is 10.2. The van der Waals surface area contributed by atoms with E-state index >= 15 is 0 Å². The zero-order chi connectivity index (χ0) is 12.7. The zero-order valence-electron chi connectivity index (χ0n) is 11.9. The van der Waals surface area contributed by atoms with Crippen LogP contribution in [-0.2, 0) is 4.74 Å². The number of hydrogen-bond donors (Lipinski definition) is 1. The van der Waals surface area contributed by atoms with Gasteiger partial charge in [0, 0.05) is 45.9 Å². The van der Waals surface area contributed by atoms with E-state index in [2.05, 4.69) is 36.0 Å². The van der Waals surface area contributed by atoms with Gasteiger partial charge >= 0.3 is 0 Å². The van der Waals surface area contributed by atoms with Crippen molar-refractivity contribution in [2.24, 2.45) is 5.92 Å². The second-order valence-corrected chi connectivity index (χ2v) is 5.50.